The molecule has 1 unspecified atom stereocenters. The minimum atomic E-state index is -0.363. The number of rotatable bonds is 3. The van der Waals surface area contributed by atoms with Gasteiger partial charge in [0.1, 0.15) is 11.8 Å². The molecule has 1 aromatic carbocycles. The van der Waals surface area contributed by atoms with E-state index in [2.05, 4.69) is 17.3 Å². The van der Waals surface area contributed by atoms with Gasteiger partial charge in [-0.2, -0.15) is 0 Å². The van der Waals surface area contributed by atoms with Crippen LogP contribution >= 0.6 is 0 Å². The van der Waals surface area contributed by atoms with E-state index >= 15 is 0 Å². The van der Waals surface area contributed by atoms with Gasteiger partial charge in [0.2, 0.25) is 5.91 Å². The number of para-hydroxylation sites is 2. The lowest BCUT2D eigenvalue weighted by molar-refractivity contribution is -0.136. The van der Waals surface area contributed by atoms with Crippen molar-refractivity contribution in [2.75, 3.05) is 52.2 Å². The molecule has 1 atom stereocenters. The van der Waals surface area contributed by atoms with Gasteiger partial charge in [-0.1, -0.05) is 12.1 Å². The first-order valence-corrected chi connectivity index (χ1v) is 8.78. The quantitative estimate of drug-likeness (QED) is 0.900. The summed E-state index contributed by atoms with van der Waals surface area (Å²) >= 11 is 0. The molecule has 2 heterocycles. The second-order valence-electron chi connectivity index (χ2n) is 6.61. The number of urea groups is 1. The molecule has 1 aromatic rings. The summed E-state index contributed by atoms with van der Waals surface area (Å²) in [5, 5.41) is 2.88. The van der Waals surface area contributed by atoms with Crippen LogP contribution in [0.1, 0.15) is 12.8 Å². The van der Waals surface area contributed by atoms with Gasteiger partial charge in [0.15, 0.2) is 0 Å². The number of hydrogen-bond donors (Lipinski definition) is 1. The van der Waals surface area contributed by atoms with Gasteiger partial charge < -0.3 is 24.8 Å². The SMILES string of the molecule is COc1ccccc1NC(=O)N1CCCC1C(=O)N1CCN(C)CC1. The summed E-state index contributed by atoms with van der Waals surface area (Å²) in [6.07, 6.45) is 1.58. The van der Waals surface area contributed by atoms with Gasteiger partial charge in [0.05, 0.1) is 12.8 Å². The van der Waals surface area contributed by atoms with E-state index in [4.69, 9.17) is 4.74 Å². The Morgan fingerprint density at radius 2 is 1.84 bits per heavy atom. The van der Waals surface area contributed by atoms with Gasteiger partial charge in [-0.15, -0.1) is 0 Å². The Balaban J connectivity index is 1.66. The van der Waals surface area contributed by atoms with E-state index in [0.717, 1.165) is 39.0 Å². The van der Waals surface area contributed by atoms with Crippen LogP contribution in [-0.2, 0) is 4.79 Å². The van der Waals surface area contributed by atoms with E-state index in [0.29, 0.717) is 18.0 Å². The fraction of sp³-hybridized carbons (Fsp3) is 0.556. The molecule has 2 aliphatic rings. The number of carbonyl (C=O) groups excluding carboxylic acids is 2. The van der Waals surface area contributed by atoms with Gasteiger partial charge in [0, 0.05) is 32.7 Å². The van der Waals surface area contributed by atoms with Crippen LogP contribution in [0.5, 0.6) is 5.75 Å². The summed E-state index contributed by atoms with van der Waals surface area (Å²) in [7, 11) is 3.63. The molecule has 0 aliphatic carbocycles. The van der Waals surface area contributed by atoms with E-state index in [-0.39, 0.29) is 18.0 Å². The molecule has 1 N–H and O–H groups in total. The molecule has 0 bridgehead atoms. The van der Waals surface area contributed by atoms with Crippen molar-refractivity contribution in [1.29, 1.82) is 0 Å². The van der Waals surface area contributed by atoms with Crippen LogP contribution in [0.25, 0.3) is 0 Å². The number of carbonyl (C=O) groups is 2. The Morgan fingerprint density at radius 1 is 1.12 bits per heavy atom. The van der Waals surface area contributed by atoms with E-state index in [1.54, 1.807) is 24.1 Å². The van der Waals surface area contributed by atoms with Crippen molar-refractivity contribution in [3.63, 3.8) is 0 Å². The fourth-order valence-corrected chi connectivity index (χ4v) is 3.44. The van der Waals surface area contributed by atoms with E-state index in [1.165, 1.54) is 0 Å². The number of ether oxygens (including phenoxy) is 1. The van der Waals surface area contributed by atoms with Crippen molar-refractivity contribution < 1.29 is 14.3 Å². The maximum atomic E-state index is 12.9. The van der Waals surface area contributed by atoms with Crippen molar-refractivity contribution in [2.24, 2.45) is 0 Å². The summed E-state index contributed by atoms with van der Waals surface area (Å²) in [4.78, 5) is 31.3. The second-order valence-corrected chi connectivity index (χ2v) is 6.61. The normalized spacial score (nSPS) is 21.3. The Labute approximate surface area is 148 Å². The van der Waals surface area contributed by atoms with Crippen LogP contribution in [0.2, 0.25) is 0 Å². The number of hydrogen-bond acceptors (Lipinski definition) is 4. The molecule has 2 saturated heterocycles. The van der Waals surface area contributed by atoms with Crippen molar-refractivity contribution in [3.8, 4) is 5.75 Å². The monoisotopic (exact) mass is 346 g/mol. The molecule has 0 aromatic heterocycles. The van der Waals surface area contributed by atoms with Crippen molar-refractivity contribution in [1.82, 2.24) is 14.7 Å². The van der Waals surface area contributed by atoms with Gasteiger partial charge in [-0.05, 0) is 32.0 Å². The number of benzene rings is 1. The van der Waals surface area contributed by atoms with Gasteiger partial charge >= 0.3 is 6.03 Å². The average molecular weight is 346 g/mol. The lowest BCUT2D eigenvalue weighted by Crippen LogP contribution is -2.54. The highest BCUT2D eigenvalue weighted by Crippen LogP contribution is 2.26. The molecular weight excluding hydrogens is 320 g/mol. The third kappa shape index (κ3) is 3.87. The van der Waals surface area contributed by atoms with Crippen molar-refractivity contribution >= 4 is 17.6 Å². The topological polar surface area (TPSA) is 65.1 Å². The highest BCUT2D eigenvalue weighted by atomic mass is 16.5. The van der Waals surface area contributed by atoms with Crippen LogP contribution in [0, 0.1) is 0 Å². The molecular formula is C18H26N4O3. The maximum Gasteiger partial charge on any atom is 0.322 e. The smallest absolute Gasteiger partial charge is 0.322 e. The standard InChI is InChI=1S/C18H26N4O3/c1-20-10-12-21(13-11-20)17(23)15-7-5-9-22(15)18(24)19-14-6-3-4-8-16(14)25-2/h3-4,6,8,15H,5,7,9-13H2,1-2H3,(H,19,24). The van der Waals surface area contributed by atoms with Gasteiger partial charge in [0.25, 0.3) is 0 Å². The average Bonchev–Trinajstić information content (AvgIpc) is 3.12. The van der Waals surface area contributed by atoms with Crippen LogP contribution in [0.15, 0.2) is 24.3 Å². The first-order valence-electron chi connectivity index (χ1n) is 8.78. The molecule has 3 rings (SSSR count). The number of nitrogens with zero attached hydrogens (tertiary/aromatic N) is 3. The van der Waals surface area contributed by atoms with Crippen LogP contribution < -0.4 is 10.1 Å². The Bertz CT molecular complexity index is 629. The Hall–Kier alpha value is -2.28. The second kappa shape index (κ2) is 7.74. The summed E-state index contributed by atoms with van der Waals surface area (Å²) in [5.41, 5.74) is 0.618. The van der Waals surface area contributed by atoms with E-state index < -0.39 is 0 Å². The van der Waals surface area contributed by atoms with E-state index in [1.807, 2.05) is 17.0 Å². The van der Waals surface area contributed by atoms with Crippen LogP contribution in [0.4, 0.5) is 10.5 Å². The predicted octanol–water partition coefficient (Wildman–Crippen LogP) is 1.47. The molecule has 2 fully saturated rings. The number of likely N-dealkylation sites (N-methyl/N-ethyl adjacent to an activating group) is 1. The molecule has 7 nitrogen and oxygen atoms in total. The third-order valence-corrected chi connectivity index (χ3v) is 4.96. The molecule has 0 spiro atoms. The number of piperazine rings is 1. The zero-order valence-electron chi connectivity index (χ0n) is 14.9. The number of anilines is 1. The minimum absolute atomic E-state index is 0.0702. The fourth-order valence-electron chi connectivity index (χ4n) is 3.44. The number of methoxy groups -OCH3 is 1. The lowest BCUT2D eigenvalue weighted by Gasteiger charge is -2.35. The third-order valence-electron chi connectivity index (χ3n) is 4.96. The first kappa shape index (κ1) is 17.5. The Morgan fingerprint density at radius 3 is 2.56 bits per heavy atom. The first-order chi connectivity index (χ1) is 12.1. The number of amides is 3. The number of likely N-dealkylation sites (tertiary alicyclic amines) is 1. The van der Waals surface area contributed by atoms with Crippen molar-refractivity contribution in [3.05, 3.63) is 24.3 Å². The number of nitrogens with one attached hydrogen (secondary N) is 1. The predicted molar refractivity (Wildman–Crippen MR) is 95.8 cm³/mol. The van der Waals surface area contributed by atoms with E-state index in [9.17, 15) is 9.59 Å². The molecule has 136 valence electrons. The molecule has 0 radical (unpaired) electrons. The zero-order valence-corrected chi connectivity index (χ0v) is 14.9. The summed E-state index contributed by atoms with van der Waals surface area (Å²) in [6.45, 7) is 3.82. The van der Waals surface area contributed by atoms with Crippen LogP contribution in [-0.4, -0.2) is 79.6 Å². The molecule has 0 saturated carbocycles. The van der Waals surface area contributed by atoms with Crippen LogP contribution in [0.3, 0.4) is 0 Å². The van der Waals surface area contributed by atoms with Crippen molar-refractivity contribution in [2.45, 2.75) is 18.9 Å². The zero-order chi connectivity index (χ0) is 17.8. The largest absolute Gasteiger partial charge is 0.495 e. The maximum absolute atomic E-state index is 12.9. The molecule has 7 heteroatoms. The lowest BCUT2D eigenvalue weighted by atomic mass is 10.1. The summed E-state index contributed by atoms with van der Waals surface area (Å²) < 4.78 is 5.28. The molecule has 25 heavy (non-hydrogen) atoms. The molecule has 2 aliphatic heterocycles. The summed E-state index contributed by atoms with van der Waals surface area (Å²) in [5.74, 6) is 0.678. The highest BCUT2D eigenvalue weighted by Gasteiger charge is 2.37. The minimum Gasteiger partial charge on any atom is -0.495 e. The van der Waals surface area contributed by atoms with Gasteiger partial charge in [-0.25, -0.2) is 4.79 Å². The highest BCUT2D eigenvalue weighted by molar-refractivity contribution is 5.95. The Kier molecular flexibility index (Phi) is 5.43. The summed E-state index contributed by atoms with van der Waals surface area (Å²) in [6, 6.07) is 6.68. The molecule has 3 amide bonds. The van der Waals surface area contributed by atoms with Gasteiger partial charge in [-0.3, -0.25) is 4.79 Å².